The molecule has 0 unspecified atom stereocenters. The molecule has 2 aromatic heterocycles. The van der Waals surface area contributed by atoms with Gasteiger partial charge in [-0.05, 0) is 72.6 Å². The van der Waals surface area contributed by atoms with E-state index in [1.807, 2.05) is 12.1 Å². The minimum Gasteiger partial charge on any atom is -0.468 e. The van der Waals surface area contributed by atoms with Crippen molar-refractivity contribution in [2.24, 2.45) is 11.3 Å². The summed E-state index contributed by atoms with van der Waals surface area (Å²) in [7, 11) is 0. The molecule has 2 heterocycles. The third-order valence-electron chi connectivity index (χ3n) is 6.24. The van der Waals surface area contributed by atoms with Crippen LogP contribution in [0.25, 0.3) is 0 Å². The highest BCUT2D eigenvalue weighted by Crippen LogP contribution is 2.44. The average molecular weight is 500 g/mol. The Labute approximate surface area is 209 Å². The second-order valence-corrected chi connectivity index (χ2v) is 11.2. The first kappa shape index (κ1) is 24.5. The van der Waals surface area contributed by atoms with Gasteiger partial charge in [-0.2, -0.15) is 0 Å². The zero-order valence-corrected chi connectivity index (χ0v) is 21.2. The number of nitrogens with one attached hydrogen (secondary N) is 3. The van der Waals surface area contributed by atoms with Gasteiger partial charge in [0.1, 0.15) is 10.8 Å². The van der Waals surface area contributed by atoms with E-state index in [-0.39, 0.29) is 23.8 Å². The van der Waals surface area contributed by atoms with Gasteiger partial charge in [-0.3, -0.25) is 9.59 Å². The molecule has 3 aromatic rings. The molecule has 0 saturated carbocycles. The predicted octanol–water partition coefficient (Wildman–Crippen LogP) is 6.13. The van der Waals surface area contributed by atoms with Gasteiger partial charge in [0.05, 0.1) is 24.9 Å². The first-order valence-electron chi connectivity index (χ1n) is 11.4. The van der Waals surface area contributed by atoms with Gasteiger partial charge >= 0.3 is 0 Å². The summed E-state index contributed by atoms with van der Waals surface area (Å²) in [6.45, 7) is 7.36. The highest BCUT2D eigenvalue weighted by Gasteiger charge is 2.34. The molecule has 0 fully saturated rings. The van der Waals surface area contributed by atoms with Gasteiger partial charge in [0, 0.05) is 15.6 Å². The molecule has 6 nitrogen and oxygen atoms in total. The normalized spacial score (nSPS) is 15.6. The van der Waals surface area contributed by atoms with Crippen LogP contribution in [0.3, 0.4) is 0 Å². The van der Waals surface area contributed by atoms with Gasteiger partial charge in [-0.25, -0.2) is 0 Å². The van der Waals surface area contributed by atoms with Crippen molar-refractivity contribution in [1.82, 2.24) is 5.32 Å². The van der Waals surface area contributed by atoms with E-state index in [0.717, 1.165) is 30.6 Å². The molecule has 1 atom stereocenters. The third kappa shape index (κ3) is 5.90. The molecule has 2 amide bonds. The van der Waals surface area contributed by atoms with Crippen LogP contribution in [0.2, 0.25) is 5.02 Å². The number of fused-ring (bicyclic) bond motifs is 1. The van der Waals surface area contributed by atoms with Crippen molar-refractivity contribution in [3.63, 3.8) is 0 Å². The third-order valence-corrected chi connectivity index (χ3v) is 7.66. The molecule has 180 valence electrons. The van der Waals surface area contributed by atoms with Crippen LogP contribution < -0.4 is 16.0 Å². The molecule has 0 spiro atoms. The molecule has 1 aliphatic rings. The minimum atomic E-state index is -0.215. The predicted molar refractivity (Wildman–Crippen MR) is 138 cm³/mol. The Bertz CT molecular complexity index is 1150. The zero-order chi connectivity index (χ0) is 24.3. The lowest BCUT2D eigenvalue weighted by atomic mass is 9.72. The topological polar surface area (TPSA) is 83.4 Å². The van der Waals surface area contributed by atoms with Crippen molar-refractivity contribution in [3.8, 4) is 0 Å². The van der Waals surface area contributed by atoms with E-state index in [1.165, 1.54) is 16.2 Å². The van der Waals surface area contributed by atoms with E-state index in [0.29, 0.717) is 33.7 Å². The number of carbonyl (C=O) groups excluding carboxylic acids is 2. The van der Waals surface area contributed by atoms with Crippen molar-refractivity contribution in [2.45, 2.75) is 46.6 Å². The maximum absolute atomic E-state index is 13.4. The highest BCUT2D eigenvalue weighted by atomic mass is 35.5. The van der Waals surface area contributed by atoms with E-state index in [2.05, 4.69) is 36.7 Å². The summed E-state index contributed by atoms with van der Waals surface area (Å²) in [6, 6.07) is 10.7. The Hall–Kier alpha value is -2.61. The smallest absolute Gasteiger partial charge is 0.258 e. The number of thiophene rings is 1. The van der Waals surface area contributed by atoms with Gasteiger partial charge in [0.25, 0.3) is 5.91 Å². The Morgan fingerprint density at radius 3 is 2.59 bits per heavy atom. The number of rotatable bonds is 7. The van der Waals surface area contributed by atoms with Crippen LogP contribution in [-0.2, 0) is 24.2 Å². The summed E-state index contributed by atoms with van der Waals surface area (Å²) < 4.78 is 5.29. The van der Waals surface area contributed by atoms with Gasteiger partial charge < -0.3 is 20.4 Å². The number of benzene rings is 1. The maximum atomic E-state index is 13.4. The summed E-state index contributed by atoms with van der Waals surface area (Å²) in [5, 5.41) is 10.2. The Morgan fingerprint density at radius 2 is 1.91 bits per heavy atom. The van der Waals surface area contributed by atoms with Crippen molar-refractivity contribution in [3.05, 3.63) is 69.4 Å². The molecule has 0 aliphatic heterocycles. The largest absolute Gasteiger partial charge is 0.468 e. The van der Waals surface area contributed by atoms with Crippen LogP contribution in [0.4, 0.5) is 10.7 Å². The summed E-state index contributed by atoms with van der Waals surface area (Å²) in [4.78, 5) is 27.3. The molecule has 0 radical (unpaired) electrons. The fraction of sp³-hybridized carbons (Fsp3) is 0.385. The average Bonchev–Trinajstić information content (AvgIpc) is 3.41. The second-order valence-electron chi connectivity index (χ2n) is 9.71. The van der Waals surface area contributed by atoms with Crippen molar-refractivity contribution in [2.75, 3.05) is 17.2 Å². The lowest BCUT2D eigenvalue weighted by Crippen LogP contribution is -2.28. The van der Waals surface area contributed by atoms with E-state index in [9.17, 15) is 9.59 Å². The summed E-state index contributed by atoms with van der Waals surface area (Å²) in [5.74, 6) is 0.880. The Balaban J connectivity index is 1.54. The van der Waals surface area contributed by atoms with Crippen molar-refractivity contribution >= 4 is 45.4 Å². The maximum Gasteiger partial charge on any atom is 0.258 e. The Morgan fingerprint density at radius 1 is 1.15 bits per heavy atom. The standard InChI is InChI=1S/C26H30ClN3O3S/c1-26(2,3)16-6-11-20-21(13-16)34-25(30-22(31)15-28-14-19-5-4-12-33-19)23(20)24(32)29-18-9-7-17(27)8-10-18/h4-5,7-10,12,16,28H,6,11,13-15H2,1-3H3,(H,29,32)(H,30,31)/t16-/m0/s1. The molecule has 1 aromatic carbocycles. The molecule has 1 aliphatic carbocycles. The molecular formula is C26H30ClN3O3S. The van der Waals surface area contributed by atoms with Gasteiger partial charge in [-0.15, -0.1) is 11.3 Å². The molecule has 8 heteroatoms. The van der Waals surface area contributed by atoms with Crippen LogP contribution in [-0.4, -0.2) is 18.4 Å². The zero-order valence-electron chi connectivity index (χ0n) is 19.7. The monoisotopic (exact) mass is 499 g/mol. The van der Waals surface area contributed by atoms with Crippen LogP contribution >= 0.6 is 22.9 Å². The number of anilines is 2. The fourth-order valence-electron chi connectivity index (χ4n) is 4.26. The van der Waals surface area contributed by atoms with Crippen LogP contribution in [0.15, 0.2) is 47.1 Å². The molecule has 3 N–H and O–H groups in total. The quantitative estimate of drug-likeness (QED) is 0.365. The SMILES string of the molecule is CC(C)(C)[C@H]1CCc2c(sc(NC(=O)CNCc3ccco3)c2C(=O)Nc2ccc(Cl)cc2)C1. The van der Waals surface area contributed by atoms with Gasteiger partial charge in [0.2, 0.25) is 5.91 Å². The summed E-state index contributed by atoms with van der Waals surface area (Å²) in [6.07, 6.45) is 4.36. The molecule has 34 heavy (non-hydrogen) atoms. The lowest BCUT2D eigenvalue weighted by Gasteiger charge is -2.33. The second kappa shape index (κ2) is 10.3. The van der Waals surface area contributed by atoms with Crippen molar-refractivity contribution < 1.29 is 14.0 Å². The summed E-state index contributed by atoms with van der Waals surface area (Å²) >= 11 is 7.50. The molecule has 4 rings (SSSR count). The lowest BCUT2D eigenvalue weighted by molar-refractivity contribution is -0.115. The van der Waals surface area contributed by atoms with E-state index in [1.54, 1.807) is 30.5 Å². The first-order chi connectivity index (χ1) is 16.2. The van der Waals surface area contributed by atoms with E-state index >= 15 is 0 Å². The van der Waals surface area contributed by atoms with E-state index in [4.69, 9.17) is 16.0 Å². The molecular weight excluding hydrogens is 470 g/mol. The van der Waals surface area contributed by atoms with Crippen LogP contribution in [0, 0.1) is 11.3 Å². The number of amides is 2. The minimum absolute atomic E-state index is 0.117. The summed E-state index contributed by atoms with van der Waals surface area (Å²) in [5.41, 5.74) is 2.47. The molecule has 0 bridgehead atoms. The highest BCUT2D eigenvalue weighted by molar-refractivity contribution is 7.17. The first-order valence-corrected chi connectivity index (χ1v) is 12.6. The van der Waals surface area contributed by atoms with Gasteiger partial charge in [0.15, 0.2) is 0 Å². The Kier molecular flexibility index (Phi) is 7.45. The van der Waals surface area contributed by atoms with Gasteiger partial charge in [-0.1, -0.05) is 32.4 Å². The molecule has 0 saturated heterocycles. The number of halogens is 1. The number of hydrogen-bond acceptors (Lipinski definition) is 5. The number of hydrogen-bond donors (Lipinski definition) is 3. The van der Waals surface area contributed by atoms with Crippen LogP contribution in [0.5, 0.6) is 0 Å². The number of furan rings is 1. The van der Waals surface area contributed by atoms with Crippen molar-refractivity contribution in [1.29, 1.82) is 0 Å². The van der Waals surface area contributed by atoms with E-state index < -0.39 is 0 Å². The fourth-order valence-corrected chi connectivity index (χ4v) is 5.73. The number of carbonyl (C=O) groups is 2. The van der Waals surface area contributed by atoms with Crippen LogP contribution in [0.1, 0.15) is 53.8 Å².